The summed E-state index contributed by atoms with van der Waals surface area (Å²) in [7, 11) is 4.14. The van der Waals surface area contributed by atoms with Gasteiger partial charge in [-0.25, -0.2) is 4.39 Å². The highest BCUT2D eigenvalue weighted by Gasteiger charge is 1.95. The third kappa shape index (κ3) is 1.45. The number of rotatable bonds is 1. The van der Waals surface area contributed by atoms with Gasteiger partial charge < -0.3 is 5.32 Å². The summed E-state index contributed by atoms with van der Waals surface area (Å²) >= 11 is 0. The summed E-state index contributed by atoms with van der Waals surface area (Å²) in [6.07, 6.45) is 0. The maximum absolute atomic E-state index is 12.6. The van der Waals surface area contributed by atoms with Crippen LogP contribution in [0.2, 0.25) is 0 Å². The molecule has 0 spiro atoms. The quantitative estimate of drug-likeness (QED) is 0.607. The van der Waals surface area contributed by atoms with E-state index in [9.17, 15) is 4.39 Å². The van der Waals surface area contributed by atoms with Crippen LogP contribution in [0.3, 0.4) is 0 Å². The minimum atomic E-state index is -0.191. The molecule has 0 saturated carbocycles. The molecule has 1 aromatic carbocycles. The Morgan fingerprint density at radius 3 is 2.70 bits per heavy atom. The van der Waals surface area contributed by atoms with Crippen LogP contribution in [-0.4, -0.2) is 7.05 Å². The molecule has 1 nitrogen and oxygen atoms in total. The molecule has 1 aromatic rings. The minimum Gasteiger partial charge on any atom is -0.388 e. The molecule has 0 bridgehead atoms. The molecule has 1 unspecified atom stereocenters. The highest BCUT2D eigenvalue weighted by molar-refractivity contribution is 7.27. The van der Waals surface area contributed by atoms with Crippen molar-refractivity contribution in [1.82, 2.24) is 0 Å². The number of anilines is 1. The second-order valence-electron chi connectivity index (χ2n) is 1.99. The van der Waals surface area contributed by atoms with Crippen molar-refractivity contribution in [2.24, 2.45) is 0 Å². The van der Waals surface area contributed by atoms with Crippen LogP contribution in [0.5, 0.6) is 0 Å². The zero-order valence-corrected chi connectivity index (χ0v) is 6.84. The van der Waals surface area contributed by atoms with E-state index in [-0.39, 0.29) is 5.82 Å². The molecule has 0 amide bonds. The molecule has 0 aromatic heterocycles. The van der Waals surface area contributed by atoms with Gasteiger partial charge in [0, 0.05) is 18.0 Å². The molecule has 0 aliphatic heterocycles. The van der Waals surface area contributed by atoms with Crippen molar-refractivity contribution in [1.29, 1.82) is 0 Å². The molecule has 0 radical (unpaired) electrons. The molecule has 0 aliphatic carbocycles. The van der Waals surface area contributed by atoms with Crippen LogP contribution >= 0.6 is 9.24 Å². The van der Waals surface area contributed by atoms with Gasteiger partial charge in [0.25, 0.3) is 0 Å². The molecule has 0 fully saturated rings. The van der Waals surface area contributed by atoms with Crippen LogP contribution in [0.15, 0.2) is 18.2 Å². The molecule has 1 N–H and O–H groups in total. The monoisotopic (exact) mass is 157 g/mol. The van der Waals surface area contributed by atoms with Crippen molar-refractivity contribution in [2.75, 3.05) is 12.4 Å². The largest absolute Gasteiger partial charge is 0.388 e. The van der Waals surface area contributed by atoms with E-state index in [1.165, 1.54) is 6.07 Å². The lowest BCUT2D eigenvalue weighted by atomic mass is 10.3. The van der Waals surface area contributed by atoms with E-state index in [1.54, 1.807) is 19.2 Å². The lowest BCUT2D eigenvalue weighted by Gasteiger charge is -2.00. The zero-order chi connectivity index (χ0) is 7.56. The van der Waals surface area contributed by atoms with E-state index in [0.29, 0.717) is 5.30 Å². The molecule has 0 aliphatic rings. The highest BCUT2D eigenvalue weighted by Crippen LogP contribution is 2.07. The van der Waals surface area contributed by atoms with Gasteiger partial charge in [-0.15, -0.1) is 9.24 Å². The predicted molar refractivity (Wildman–Crippen MR) is 45.3 cm³/mol. The van der Waals surface area contributed by atoms with Gasteiger partial charge in [-0.1, -0.05) is 0 Å². The Kier molecular flexibility index (Phi) is 2.23. The standard InChI is InChI=1S/C7H9FNP/c1-9-5-2-3-6(8)7(10)4-5/h2-4,9H,10H2,1H3. The summed E-state index contributed by atoms with van der Waals surface area (Å²) in [5, 5.41) is 3.50. The number of benzene rings is 1. The van der Waals surface area contributed by atoms with Gasteiger partial charge in [-0.05, 0) is 18.2 Å². The summed E-state index contributed by atoms with van der Waals surface area (Å²) in [6.45, 7) is 0. The molecule has 54 valence electrons. The molecule has 10 heavy (non-hydrogen) atoms. The van der Waals surface area contributed by atoms with Crippen LogP contribution < -0.4 is 10.6 Å². The highest BCUT2D eigenvalue weighted by atomic mass is 31.0. The normalized spacial score (nSPS) is 9.50. The predicted octanol–water partition coefficient (Wildman–Crippen LogP) is 1.37. The minimum absolute atomic E-state index is 0.191. The van der Waals surface area contributed by atoms with E-state index in [4.69, 9.17) is 0 Å². The van der Waals surface area contributed by atoms with Gasteiger partial charge >= 0.3 is 0 Å². The first kappa shape index (κ1) is 7.49. The van der Waals surface area contributed by atoms with Crippen LogP contribution in [-0.2, 0) is 0 Å². The SMILES string of the molecule is CNc1ccc(F)c(P)c1. The maximum atomic E-state index is 12.6. The van der Waals surface area contributed by atoms with Crippen LogP contribution in [0, 0.1) is 5.82 Å². The fourth-order valence-corrected chi connectivity index (χ4v) is 0.975. The van der Waals surface area contributed by atoms with E-state index in [1.807, 2.05) is 0 Å². The number of hydrogen-bond donors (Lipinski definition) is 1. The maximum Gasteiger partial charge on any atom is 0.130 e. The van der Waals surface area contributed by atoms with Gasteiger partial charge in [0.1, 0.15) is 5.82 Å². The van der Waals surface area contributed by atoms with Crippen LogP contribution in [0.25, 0.3) is 0 Å². The molecule has 3 heteroatoms. The van der Waals surface area contributed by atoms with Gasteiger partial charge in [0.2, 0.25) is 0 Å². The van der Waals surface area contributed by atoms with Crippen molar-refractivity contribution in [2.45, 2.75) is 0 Å². The molecule has 1 rings (SSSR count). The third-order valence-corrected chi connectivity index (χ3v) is 1.73. The Labute approximate surface area is 61.8 Å². The van der Waals surface area contributed by atoms with Crippen molar-refractivity contribution in [3.8, 4) is 0 Å². The van der Waals surface area contributed by atoms with Crippen molar-refractivity contribution in [3.63, 3.8) is 0 Å². The molecule has 0 saturated heterocycles. The first-order valence-corrected chi connectivity index (χ1v) is 3.54. The van der Waals surface area contributed by atoms with Gasteiger partial charge in [-0.3, -0.25) is 0 Å². The second-order valence-corrected chi connectivity index (χ2v) is 2.61. The van der Waals surface area contributed by atoms with E-state index >= 15 is 0 Å². The van der Waals surface area contributed by atoms with Crippen LogP contribution in [0.4, 0.5) is 10.1 Å². The topological polar surface area (TPSA) is 12.0 Å². The Bertz CT molecular complexity index is 237. The zero-order valence-electron chi connectivity index (χ0n) is 5.69. The summed E-state index contributed by atoms with van der Waals surface area (Å²) in [5.74, 6) is -0.191. The second kappa shape index (κ2) is 2.98. The Morgan fingerprint density at radius 1 is 1.50 bits per heavy atom. The summed E-state index contributed by atoms with van der Waals surface area (Å²) in [5.41, 5.74) is 0.923. The Hall–Kier alpha value is -0.620. The fraction of sp³-hybridized carbons (Fsp3) is 0.143. The lowest BCUT2D eigenvalue weighted by Crippen LogP contribution is -1.99. The van der Waals surface area contributed by atoms with Crippen molar-refractivity contribution in [3.05, 3.63) is 24.0 Å². The number of halogens is 1. The molecule has 1 atom stereocenters. The first-order valence-electron chi connectivity index (χ1n) is 2.97. The number of nitrogens with one attached hydrogen (secondary N) is 1. The molecular weight excluding hydrogens is 148 g/mol. The first-order chi connectivity index (χ1) is 4.74. The van der Waals surface area contributed by atoms with E-state index in [0.717, 1.165) is 5.69 Å². The van der Waals surface area contributed by atoms with Gasteiger partial charge in [0.05, 0.1) is 0 Å². The average molecular weight is 157 g/mol. The third-order valence-electron chi connectivity index (χ3n) is 1.28. The Balaban J connectivity index is 3.04. The van der Waals surface area contributed by atoms with Crippen LogP contribution in [0.1, 0.15) is 0 Å². The number of hydrogen-bond acceptors (Lipinski definition) is 1. The fourth-order valence-electron chi connectivity index (χ4n) is 0.699. The van der Waals surface area contributed by atoms with E-state index < -0.39 is 0 Å². The van der Waals surface area contributed by atoms with Gasteiger partial charge in [0.15, 0.2) is 0 Å². The van der Waals surface area contributed by atoms with Crippen molar-refractivity contribution < 1.29 is 4.39 Å². The van der Waals surface area contributed by atoms with Crippen molar-refractivity contribution >= 4 is 20.2 Å². The molecular formula is C7H9FNP. The lowest BCUT2D eigenvalue weighted by molar-refractivity contribution is 0.637. The summed E-state index contributed by atoms with van der Waals surface area (Å²) < 4.78 is 12.6. The summed E-state index contributed by atoms with van der Waals surface area (Å²) in [6, 6.07) is 4.87. The Morgan fingerprint density at radius 2 is 2.20 bits per heavy atom. The summed E-state index contributed by atoms with van der Waals surface area (Å²) in [4.78, 5) is 0. The van der Waals surface area contributed by atoms with E-state index in [2.05, 4.69) is 14.6 Å². The molecule has 0 heterocycles. The average Bonchev–Trinajstić information content (AvgIpc) is 1.95. The smallest absolute Gasteiger partial charge is 0.130 e. The van der Waals surface area contributed by atoms with Gasteiger partial charge in [-0.2, -0.15) is 0 Å².